The lowest BCUT2D eigenvalue weighted by Crippen LogP contribution is -2.44. The number of nitro benzene ring substituents is 1. The van der Waals surface area contributed by atoms with E-state index in [4.69, 9.17) is 0 Å². The number of aromatic nitrogens is 2. The van der Waals surface area contributed by atoms with Gasteiger partial charge in [-0.05, 0) is 36.9 Å². The van der Waals surface area contributed by atoms with Crippen molar-refractivity contribution in [3.05, 3.63) is 70.4 Å². The van der Waals surface area contributed by atoms with Crippen LogP contribution in [0.2, 0.25) is 0 Å². The molecular weight excluding hydrogens is 424 g/mol. The van der Waals surface area contributed by atoms with Crippen molar-refractivity contribution >= 4 is 44.4 Å². The standard InChI is InChI=1S/C23H22N6O2S/c1-27-9-11-28(12-10-27)18-7-5-17(6-8-18)26-22-21-20(14-32-23(21)25-15-24-22)16-3-2-4-19(13-16)29(30)31/h2-8,13-15H,9-12H2,1H3,(H,24,25,26). The molecule has 1 fully saturated rings. The number of fused-ring (bicyclic) bond motifs is 1. The van der Waals surface area contributed by atoms with Crippen LogP contribution >= 0.6 is 11.3 Å². The van der Waals surface area contributed by atoms with Gasteiger partial charge in [0.05, 0.1) is 10.3 Å². The lowest BCUT2D eigenvalue weighted by atomic mass is 10.1. The Morgan fingerprint density at radius 1 is 1.06 bits per heavy atom. The fourth-order valence-electron chi connectivity index (χ4n) is 3.93. The van der Waals surface area contributed by atoms with Crippen molar-refractivity contribution in [3.8, 4) is 11.1 Å². The maximum atomic E-state index is 11.2. The largest absolute Gasteiger partial charge is 0.369 e. The van der Waals surface area contributed by atoms with E-state index in [9.17, 15) is 10.1 Å². The van der Waals surface area contributed by atoms with E-state index >= 15 is 0 Å². The first-order valence-electron chi connectivity index (χ1n) is 10.4. The molecule has 9 heteroatoms. The monoisotopic (exact) mass is 446 g/mol. The number of non-ortho nitro benzene ring substituents is 1. The molecule has 0 atom stereocenters. The fourth-order valence-corrected chi connectivity index (χ4v) is 4.84. The lowest BCUT2D eigenvalue weighted by Gasteiger charge is -2.34. The third-order valence-electron chi connectivity index (χ3n) is 5.74. The molecule has 2 aromatic carbocycles. The molecule has 3 heterocycles. The summed E-state index contributed by atoms with van der Waals surface area (Å²) in [6, 6.07) is 15.0. The average Bonchev–Trinajstić information content (AvgIpc) is 3.26. The molecule has 32 heavy (non-hydrogen) atoms. The van der Waals surface area contributed by atoms with E-state index in [2.05, 4.69) is 56.4 Å². The van der Waals surface area contributed by atoms with Crippen molar-refractivity contribution in [3.63, 3.8) is 0 Å². The lowest BCUT2D eigenvalue weighted by molar-refractivity contribution is -0.384. The average molecular weight is 447 g/mol. The molecule has 0 radical (unpaired) electrons. The number of benzene rings is 2. The smallest absolute Gasteiger partial charge is 0.270 e. The molecule has 1 N–H and O–H groups in total. The molecule has 8 nitrogen and oxygen atoms in total. The Hall–Kier alpha value is -3.56. The molecule has 0 aliphatic carbocycles. The summed E-state index contributed by atoms with van der Waals surface area (Å²) in [6.45, 7) is 4.18. The van der Waals surface area contributed by atoms with E-state index in [0.29, 0.717) is 5.82 Å². The summed E-state index contributed by atoms with van der Waals surface area (Å²) in [6.07, 6.45) is 1.54. The van der Waals surface area contributed by atoms with Crippen LogP contribution in [0.4, 0.5) is 22.9 Å². The molecule has 0 bridgehead atoms. The first-order valence-corrected chi connectivity index (χ1v) is 11.2. The van der Waals surface area contributed by atoms with Crippen molar-refractivity contribution in [1.82, 2.24) is 14.9 Å². The number of hydrogen-bond donors (Lipinski definition) is 1. The minimum absolute atomic E-state index is 0.0627. The van der Waals surface area contributed by atoms with Gasteiger partial charge in [-0.3, -0.25) is 10.1 Å². The Bertz CT molecular complexity index is 1270. The molecule has 0 unspecified atom stereocenters. The van der Waals surface area contributed by atoms with E-state index in [1.807, 2.05) is 11.4 Å². The Labute approximate surface area is 189 Å². The highest BCUT2D eigenvalue weighted by atomic mass is 32.1. The number of thiophene rings is 1. The van der Waals surface area contributed by atoms with Crippen molar-refractivity contribution in [2.75, 3.05) is 43.4 Å². The van der Waals surface area contributed by atoms with E-state index < -0.39 is 0 Å². The highest BCUT2D eigenvalue weighted by Gasteiger charge is 2.17. The van der Waals surface area contributed by atoms with Crippen LogP contribution in [0.3, 0.4) is 0 Å². The van der Waals surface area contributed by atoms with Gasteiger partial charge < -0.3 is 15.1 Å². The summed E-state index contributed by atoms with van der Waals surface area (Å²) < 4.78 is 0. The van der Waals surface area contributed by atoms with Crippen LogP contribution in [0.15, 0.2) is 60.2 Å². The predicted octanol–water partition coefficient (Wildman–Crippen LogP) is 4.76. The second kappa shape index (κ2) is 8.52. The molecule has 0 spiro atoms. The van der Waals surface area contributed by atoms with E-state index in [0.717, 1.165) is 53.2 Å². The molecule has 1 aliphatic rings. The number of anilines is 3. The van der Waals surface area contributed by atoms with Crippen LogP contribution < -0.4 is 10.2 Å². The Morgan fingerprint density at radius 2 is 1.84 bits per heavy atom. The molecule has 162 valence electrons. The zero-order valence-corrected chi connectivity index (χ0v) is 18.4. The van der Waals surface area contributed by atoms with Crippen LogP contribution in [-0.2, 0) is 0 Å². The Morgan fingerprint density at radius 3 is 2.59 bits per heavy atom. The zero-order valence-electron chi connectivity index (χ0n) is 17.6. The summed E-state index contributed by atoms with van der Waals surface area (Å²) in [7, 11) is 2.15. The van der Waals surface area contributed by atoms with Crippen LogP contribution in [0.1, 0.15) is 0 Å². The third kappa shape index (κ3) is 4.00. The Balaban J connectivity index is 1.44. The van der Waals surface area contributed by atoms with Crippen LogP contribution in [-0.4, -0.2) is 53.0 Å². The van der Waals surface area contributed by atoms with Gasteiger partial charge in [-0.1, -0.05) is 12.1 Å². The quantitative estimate of drug-likeness (QED) is 0.349. The van der Waals surface area contributed by atoms with Crippen molar-refractivity contribution in [2.45, 2.75) is 0 Å². The zero-order chi connectivity index (χ0) is 22.1. The third-order valence-corrected chi connectivity index (χ3v) is 6.62. The van der Waals surface area contributed by atoms with Gasteiger partial charge in [0.2, 0.25) is 0 Å². The first-order chi connectivity index (χ1) is 15.6. The summed E-state index contributed by atoms with van der Waals surface area (Å²) in [5.41, 5.74) is 3.86. The number of nitrogens with zero attached hydrogens (tertiary/aromatic N) is 5. The van der Waals surface area contributed by atoms with Gasteiger partial charge in [0.25, 0.3) is 5.69 Å². The van der Waals surface area contributed by atoms with Crippen LogP contribution in [0, 0.1) is 10.1 Å². The number of piperazine rings is 1. The molecule has 4 aromatic rings. The van der Waals surface area contributed by atoms with Gasteiger partial charge in [0, 0.05) is 60.6 Å². The Kier molecular flexibility index (Phi) is 5.42. The van der Waals surface area contributed by atoms with Crippen LogP contribution in [0.5, 0.6) is 0 Å². The van der Waals surface area contributed by atoms with Gasteiger partial charge in [0.15, 0.2) is 0 Å². The maximum Gasteiger partial charge on any atom is 0.270 e. The molecule has 5 rings (SSSR count). The number of nitrogens with one attached hydrogen (secondary N) is 1. The van der Waals surface area contributed by atoms with E-state index in [-0.39, 0.29) is 10.6 Å². The topological polar surface area (TPSA) is 87.4 Å². The normalized spacial score (nSPS) is 14.6. The number of likely N-dealkylation sites (N-methyl/N-ethyl adjacent to an activating group) is 1. The van der Waals surface area contributed by atoms with Gasteiger partial charge >= 0.3 is 0 Å². The summed E-state index contributed by atoms with van der Waals surface area (Å²) in [4.78, 5) is 25.3. The molecule has 0 amide bonds. The predicted molar refractivity (Wildman–Crippen MR) is 129 cm³/mol. The van der Waals surface area contributed by atoms with Crippen LogP contribution in [0.25, 0.3) is 21.3 Å². The van der Waals surface area contributed by atoms with Gasteiger partial charge in [-0.25, -0.2) is 9.97 Å². The van der Waals surface area contributed by atoms with Crippen molar-refractivity contribution in [2.24, 2.45) is 0 Å². The van der Waals surface area contributed by atoms with Crippen molar-refractivity contribution < 1.29 is 4.92 Å². The fraction of sp³-hybridized carbons (Fsp3) is 0.217. The highest BCUT2D eigenvalue weighted by molar-refractivity contribution is 7.17. The number of hydrogen-bond acceptors (Lipinski definition) is 8. The number of rotatable bonds is 5. The first kappa shape index (κ1) is 20.3. The molecular formula is C23H22N6O2S. The minimum Gasteiger partial charge on any atom is -0.369 e. The van der Waals surface area contributed by atoms with Gasteiger partial charge in [-0.15, -0.1) is 11.3 Å². The highest BCUT2D eigenvalue weighted by Crippen LogP contribution is 2.38. The molecule has 2 aromatic heterocycles. The number of nitro groups is 1. The molecule has 1 aliphatic heterocycles. The maximum absolute atomic E-state index is 11.2. The minimum atomic E-state index is -0.379. The van der Waals surface area contributed by atoms with E-state index in [1.54, 1.807) is 12.1 Å². The molecule has 0 saturated carbocycles. The van der Waals surface area contributed by atoms with Gasteiger partial charge in [-0.2, -0.15) is 0 Å². The summed E-state index contributed by atoms with van der Waals surface area (Å²) in [5, 5.41) is 17.5. The van der Waals surface area contributed by atoms with E-state index in [1.165, 1.54) is 29.4 Å². The second-order valence-corrected chi connectivity index (χ2v) is 8.68. The SMILES string of the molecule is CN1CCN(c2ccc(Nc3ncnc4scc(-c5cccc([N+](=O)[O-])c5)c34)cc2)CC1. The second-order valence-electron chi connectivity index (χ2n) is 7.82. The van der Waals surface area contributed by atoms with Gasteiger partial charge in [0.1, 0.15) is 17.0 Å². The van der Waals surface area contributed by atoms with Crippen molar-refractivity contribution in [1.29, 1.82) is 0 Å². The summed E-state index contributed by atoms with van der Waals surface area (Å²) in [5.74, 6) is 0.685. The molecule has 1 saturated heterocycles. The summed E-state index contributed by atoms with van der Waals surface area (Å²) >= 11 is 1.50.